The third-order valence-corrected chi connectivity index (χ3v) is 3.54. The van der Waals surface area contributed by atoms with Crippen LogP contribution in [0, 0.1) is 5.82 Å². The van der Waals surface area contributed by atoms with E-state index in [0.29, 0.717) is 17.9 Å². The van der Waals surface area contributed by atoms with Gasteiger partial charge in [-0.15, -0.1) is 0 Å². The van der Waals surface area contributed by atoms with Crippen molar-refractivity contribution >= 4 is 15.9 Å². The van der Waals surface area contributed by atoms with Gasteiger partial charge in [0, 0.05) is 10.7 Å². The third-order valence-electron chi connectivity index (χ3n) is 2.81. The van der Waals surface area contributed by atoms with Crippen molar-refractivity contribution in [2.24, 2.45) is 5.84 Å². The normalized spacial score (nSPS) is 12.2. The quantitative estimate of drug-likeness (QED) is 0.649. The first-order valence-electron chi connectivity index (χ1n) is 6.14. The van der Waals surface area contributed by atoms with Gasteiger partial charge in [-0.25, -0.2) is 9.82 Å². The molecule has 0 saturated carbocycles. The standard InChI is InChI=1S/C14H15BrFN3O/c1-2-20-11-5-9(7-18-8-11)14(19-17)12-6-10(16)3-4-13(12)15/h3-8,14,19H,2,17H2,1H3. The maximum atomic E-state index is 13.4. The van der Waals surface area contributed by atoms with Crippen LogP contribution in [0.3, 0.4) is 0 Å². The van der Waals surface area contributed by atoms with Gasteiger partial charge in [-0.05, 0) is 42.3 Å². The molecule has 3 N–H and O–H groups in total. The lowest BCUT2D eigenvalue weighted by Gasteiger charge is -2.18. The number of nitrogens with two attached hydrogens (primary N) is 1. The Balaban J connectivity index is 2.41. The number of ether oxygens (including phenoxy) is 1. The Bertz CT molecular complexity index is 594. The molecule has 1 aromatic heterocycles. The van der Waals surface area contributed by atoms with Crippen LogP contribution in [0.5, 0.6) is 5.75 Å². The molecule has 0 aliphatic rings. The average Bonchev–Trinajstić information content (AvgIpc) is 2.44. The van der Waals surface area contributed by atoms with Gasteiger partial charge in [0.25, 0.3) is 0 Å². The van der Waals surface area contributed by atoms with Crippen LogP contribution in [-0.4, -0.2) is 11.6 Å². The third kappa shape index (κ3) is 3.33. The summed E-state index contributed by atoms with van der Waals surface area (Å²) in [4.78, 5) is 4.12. The minimum atomic E-state index is -0.381. The topological polar surface area (TPSA) is 60.2 Å². The van der Waals surface area contributed by atoms with E-state index < -0.39 is 0 Å². The summed E-state index contributed by atoms with van der Waals surface area (Å²) < 4.78 is 19.6. The Hall–Kier alpha value is -1.50. The smallest absolute Gasteiger partial charge is 0.137 e. The van der Waals surface area contributed by atoms with Gasteiger partial charge in [0.05, 0.1) is 18.8 Å². The van der Waals surface area contributed by atoms with Gasteiger partial charge in [0.15, 0.2) is 0 Å². The van der Waals surface area contributed by atoms with Crippen LogP contribution < -0.4 is 16.0 Å². The number of hydrazine groups is 1. The Morgan fingerprint density at radius 1 is 1.40 bits per heavy atom. The molecule has 0 amide bonds. The molecule has 106 valence electrons. The SMILES string of the molecule is CCOc1cncc(C(NN)c2cc(F)ccc2Br)c1. The Morgan fingerprint density at radius 3 is 2.90 bits per heavy atom. The lowest BCUT2D eigenvalue weighted by atomic mass is 10.0. The maximum Gasteiger partial charge on any atom is 0.137 e. The Labute approximate surface area is 125 Å². The first kappa shape index (κ1) is 14.9. The number of hydrogen-bond donors (Lipinski definition) is 2. The summed E-state index contributed by atoms with van der Waals surface area (Å²) in [5.41, 5.74) is 4.17. The molecule has 0 bridgehead atoms. The van der Waals surface area contributed by atoms with E-state index in [0.717, 1.165) is 10.0 Å². The van der Waals surface area contributed by atoms with Gasteiger partial charge in [0.2, 0.25) is 0 Å². The number of nitrogens with one attached hydrogen (secondary N) is 1. The molecular formula is C14H15BrFN3O. The fourth-order valence-electron chi connectivity index (χ4n) is 1.94. The first-order chi connectivity index (χ1) is 9.65. The molecule has 0 spiro atoms. The summed E-state index contributed by atoms with van der Waals surface area (Å²) in [6.45, 7) is 2.45. The van der Waals surface area contributed by atoms with E-state index in [1.54, 1.807) is 18.5 Å². The summed E-state index contributed by atoms with van der Waals surface area (Å²) in [6, 6.07) is 5.92. The Kier molecular flexibility index (Phi) is 5.05. The first-order valence-corrected chi connectivity index (χ1v) is 6.93. The van der Waals surface area contributed by atoms with E-state index >= 15 is 0 Å². The number of pyridine rings is 1. The largest absolute Gasteiger partial charge is 0.492 e. The second-order valence-electron chi connectivity index (χ2n) is 4.15. The number of halogens is 2. The highest BCUT2D eigenvalue weighted by Gasteiger charge is 2.17. The van der Waals surface area contributed by atoms with Crippen molar-refractivity contribution in [3.8, 4) is 5.75 Å². The summed E-state index contributed by atoms with van der Waals surface area (Å²) in [5.74, 6) is 5.95. The lowest BCUT2D eigenvalue weighted by molar-refractivity contribution is 0.338. The van der Waals surface area contributed by atoms with E-state index in [1.807, 2.05) is 13.0 Å². The second-order valence-corrected chi connectivity index (χ2v) is 5.01. The summed E-state index contributed by atoms with van der Waals surface area (Å²) in [7, 11) is 0. The molecule has 0 radical (unpaired) electrons. The molecule has 0 fully saturated rings. The van der Waals surface area contributed by atoms with Crippen molar-refractivity contribution < 1.29 is 9.13 Å². The van der Waals surface area contributed by atoms with Gasteiger partial charge in [-0.2, -0.15) is 0 Å². The van der Waals surface area contributed by atoms with Gasteiger partial charge in [0.1, 0.15) is 11.6 Å². The molecule has 20 heavy (non-hydrogen) atoms. The van der Waals surface area contributed by atoms with Crippen molar-refractivity contribution in [2.45, 2.75) is 13.0 Å². The van der Waals surface area contributed by atoms with E-state index in [2.05, 4.69) is 26.3 Å². The molecular weight excluding hydrogens is 325 g/mol. The van der Waals surface area contributed by atoms with Crippen molar-refractivity contribution in [3.05, 3.63) is 58.1 Å². The minimum Gasteiger partial charge on any atom is -0.492 e. The van der Waals surface area contributed by atoms with Crippen LogP contribution in [0.4, 0.5) is 4.39 Å². The van der Waals surface area contributed by atoms with Gasteiger partial charge >= 0.3 is 0 Å². The summed E-state index contributed by atoms with van der Waals surface area (Å²) >= 11 is 3.40. The molecule has 1 heterocycles. The molecule has 4 nitrogen and oxygen atoms in total. The van der Waals surface area contributed by atoms with E-state index in [1.165, 1.54) is 12.1 Å². The zero-order valence-electron chi connectivity index (χ0n) is 10.9. The Morgan fingerprint density at radius 2 is 2.20 bits per heavy atom. The van der Waals surface area contributed by atoms with Crippen LogP contribution in [0.2, 0.25) is 0 Å². The highest BCUT2D eigenvalue weighted by Crippen LogP contribution is 2.29. The fraction of sp³-hybridized carbons (Fsp3) is 0.214. The zero-order chi connectivity index (χ0) is 14.5. The number of benzene rings is 1. The summed E-state index contributed by atoms with van der Waals surface area (Å²) in [5, 5.41) is 0. The van der Waals surface area contributed by atoms with E-state index in [9.17, 15) is 4.39 Å². The van der Waals surface area contributed by atoms with Crippen LogP contribution in [0.1, 0.15) is 24.1 Å². The number of nitrogens with zero attached hydrogens (tertiary/aromatic N) is 1. The molecule has 6 heteroatoms. The zero-order valence-corrected chi connectivity index (χ0v) is 12.5. The molecule has 1 atom stereocenters. The lowest BCUT2D eigenvalue weighted by Crippen LogP contribution is -2.29. The second kappa shape index (κ2) is 6.78. The van der Waals surface area contributed by atoms with Gasteiger partial charge in [-0.3, -0.25) is 10.8 Å². The molecule has 2 aromatic rings. The van der Waals surface area contributed by atoms with Crippen LogP contribution in [0.25, 0.3) is 0 Å². The molecule has 0 aliphatic heterocycles. The number of hydrogen-bond acceptors (Lipinski definition) is 4. The highest BCUT2D eigenvalue weighted by atomic mass is 79.9. The van der Waals surface area contributed by atoms with Gasteiger partial charge in [-0.1, -0.05) is 15.9 Å². The number of rotatable bonds is 5. The highest BCUT2D eigenvalue weighted by molar-refractivity contribution is 9.10. The minimum absolute atomic E-state index is 0.322. The van der Waals surface area contributed by atoms with Crippen molar-refractivity contribution in [1.29, 1.82) is 0 Å². The van der Waals surface area contributed by atoms with Crippen LogP contribution >= 0.6 is 15.9 Å². The molecule has 0 saturated heterocycles. The van der Waals surface area contributed by atoms with Crippen LogP contribution in [0.15, 0.2) is 41.1 Å². The van der Waals surface area contributed by atoms with Crippen molar-refractivity contribution in [3.63, 3.8) is 0 Å². The van der Waals surface area contributed by atoms with E-state index in [4.69, 9.17) is 10.6 Å². The van der Waals surface area contributed by atoms with Crippen molar-refractivity contribution in [2.75, 3.05) is 6.61 Å². The summed E-state index contributed by atoms with van der Waals surface area (Å²) in [6.07, 6.45) is 3.30. The average molecular weight is 340 g/mol. The van der Waals surface area contributed by atoms with Crippen molar-refractivity contribution in [1.82, 2.24) is 10.4 Å². The maximum absolute atomic E-state index is 13.4. The number of aromatic nitrogens is 1. The molecule has 2 rings (SSSR count). The monoisotopic (exact) mass is 339 g/mol. The van der Waals surface area contributed by atoms with Gasteiger partial charge < -0.3 is 4.74 Å². The predicted molar refractivity (Wildman–Crippen MR) is 78.7 cm³/mol. The molecule has 1 aromatic carbocycles. The molecule has 1 unspecified atom stereocenters. The van der Waals surface area contributed by atoms with Crippen LogP contribution in [-0.2, 0) is 0 Å². The predicted octanol–water partition coefficient (Wildman–Crippen LogP) is 2.93. The fourth-order valence-corrected chi connectivity index (χ4v) is 2.42. The van der Waals surface area contributed by atoms with E-state index in [-0.39, 0.29) is 11.9 Å². The molecule has 0 aliphatic carbocycles.